The van der Waals surface area contributed by atoms with Crippen molar-refractivity contribution in [2.45, 2.75) is 13.8 Å². The number of rotatable bonds is 7. The van der Waals surface area contributed by atoms with Gasteiger partial charge in [0.1, 0.15) is 11.4 Å². The first kappa shape index (κ1) is 18.5. The number of amides is 1. The normalized spacial score (nSPS) is 10.5. The van der Waals surface area contributed by atoms with Crippen molar-refractivity contribution in [2.75, 3.05) is 11.9 Å². The first-order valence-electron chi connectivity index (χ1n) is 8.95. The molecule has 5 nitrogen and oxygen atoms in total. The lowest BCUT2D eigenvalue weighted by Crippen LogP contribution is -2.27. The van der Waals surface area contributed by atoms with Crippen LogP contribution in [-0.4, -0.2) is 17.4 Å². The minimum Gasteiger partial charge on any atom is -0.455 e. The maximum Gasteiger partial charge on any atom is 0.269 e. The third-order valence-electron chi connectivity index (χ3n) is 3.80. The van der Waals surface area contributed by atoms with E-state index in [-0.39, 0.29) is 5.91 Å². The maximum absolute atomic E-state index is 12.1. The fourth-order valence-electron chi connectivity index (χ4n) is 2.42. The third-order valence-corrected chi connectivity index (χ3v) is 3.80. The minimum absolute atomic E-state index is 0.164. The molecule has 1 heterocycles. The molecule has 0 radical (unpaired) electrons. The Morgan fingerprint density at radius 1 is 1.00 bits per heavy atom. The highest BCUT2D eigenvalue weighted by Crippen LogP contribution is 2.31. The number of para-hydroxylation sites is 3. The smallest absolute Gasteiger partial charge is 0.269 e. The van der Waals surface area contributed by atoms with E-state index < -0.39 is 0 Å². The van der Waals surface area contributed by atoms with Crippen LogP contribution in [0.25, 0.3) is 0 Å². The molecule has 0 saturated carbocycles. The van der Waals surface area contributed by atoms with Gasteiger partial charge in [-0.2, -0.15) is 0 Å². The van der Waals surface area contributed by atoms with Crippen molar-refractivity contribution >= 4 is 17.3 Å². The number of benzene rings is 2. The summed E-state index contributed by atoms with van der Waals surface area (Å²) in [4.78, 5) is 16.3. The Morgan fingerprint density at radius 2 is 1.74 bits per heavy atom. The molecule has 0 unspecified atom stereocenters. The van der Waals surface area contributed by atoms with Crippen molar-refractivity contribution < 1.29 is 9.53 Å². The summed E-state index contributed by atoms with van der Waals surface area (Å²) >= 11 is 0. The van der Waals surface area contributed by atoms with Gasteiger partial charge in [0.15, 0.2) is 5.75 Å². The average molecular weight is 361 g/mol. The zero-order valence-corrected chi connectivity index (χ0v) is 15.5. The molecule has 0 fully saturated rings. The predicted octanol–water partition coefficient (Wildman–Crippen LogP) is 5.00. The quantitative estimate of drug-likeness (QED) is 0.621. The molecule has 0 saturated heterocycles. The molecular formula is C22H23N3O2. The third kappa shape index (κ3) is 5.31. The van der Waals surface area contributed by atoms with Crippen LogP contribution >= 0.6 is 0 Å². The lowest BCUT2D eigenvalue weighted by Gasteiger charge is -2.13. The molecule has 2 N–H and O–H groups in total. The zero-order valence-electron chi connectivity index (χ0n) is 15.5. The van der Waals surface area contributed by atoms with E-state index in [4.69, 9.17) is 4.74 Å². The SMILES string of the molecule is CC(C)CNC(=O)c1ccc(Nc2ccccc2Oc2ccccc2)cn1. The van der Waals surface area contributed by atoms with E-state index in [1.807, 2.05) is 60.7 Å². The van der Waals surface area contributed by atoms with E-state index in [1.165, 1.54) is 0 Å². The molecule has 1 aromatic heterocycles. The number of carbonyl (C=O) groups excluding carboxylic acids is 1. The van der Waals surface area contributed by atoms with Gasteiger partial charge in [-0.05, 0) is 42.3 Å². The molecule has 0 bridgehead atoms. The van der Waals surface area contributed by atoms with E-state index in [9.17, 15) is 4.79 Å². The number of hydrogen-bond acceptors (Lipinski definition) is 4. The predicted molar refractivity (Wildman–Crippen MR) is 108 cm³/mol. The molecule has 27 heavy (non-hydrogen) atoms. The van der Waals surface area contributed by atoms with Crippen LogP contribution in [0, 0.1) is 5.92 Å². The van der Waals surface area contributed by atoms with Crippen LogP contribution in [0.2, 0.25) is 0 Å². The van der Waals surface area contributed by atoms with Gasteiger partial charge in [0.25, 0.3) is 5.91 Å². The summed E-state index contributed by atoms with van der Waals surface area (Å²) in [5.41, 5.74) is 2.00. The molecular weight excluding hydrogens is 338 g/mol. The van der Waals surface area contributed by atoms with E-state index >= 15 is 0 Å². The van der Waals surface area contributed by atoms with Gasteiger partial charge in [-0.15, -0.1) is 0 Å². The van der Waals surface area contributed by atoms with E-state index in [0.29, 0.717) is 23.9 Å². The molecule has 138 valence electrons. The Kier molecular flexibility index (Phi) is 6.05. The Labute approximate surface area is 159 Å². The van der Waals surface area contributed by atoms with E-state index in [1.54, 1.807) is 12.3 Å². The number of hydrogen-bond donors (Lipinski definition) is 2. The molecule has 2 aromatic carbocycles. The second-order valence-electron chi connectivity index (χ2n) is 6.57. The topological polar surface area (TPSA) is 63.2 Å². The number of pyridine rings is 1. The van der Waals surface area contributed by atoms with Gasteiger partial charge in [0, 0.05) is 6.54 Å². The van der Waals surface area contributed by atoms with Crippen molar-refractivity contribution in [3.8, 4) is 11.5 Å². The van der Waals surface area contributed by atoms with Gasteiger partial charge >= 0.3 is 0 Å². The molecule has 5 heteroatoms. The molecule has 0 aliphatic carbocycles. The van der Waals surface area contributed by atoms with Crippen LogP contribution in [0.15, 0.2) is 72.9 Å². The van der Waals surface area contributed by atoms with Gasteiger partial charge < -0.3 is 15.4 Å². The second kappa shape index (κ2) is 8.85. The standard InChI is InChI=1S/C22H23N3O2/c1-16(2)14-24-22(26)20-13-12-17(15-23-20)25-19-10-6-7-11-21(19)27-18-8-4-3-5-9-18/h3-13,15-16,25H,14H2,1-2H3,(H,24,26). The molecule has 0 aliphatic heterocycles. The van der Waals surface area contributed by atoms with Crippen molar-refractivity contribution in [2.24, 2.45) is 5.92 Å². The summed E-state index contributed by atoms with van der Waals surface area (Å²) in [5, 5.41) is 6.15. The Bertz CT molecular complexity index is 878. The highest BCUT2D eigenvalue weighted by molar-refractivity contribution is 5.92. The molecule has 0 aliphatic rings. The van der Waals surface area contributed by atoms with Crippen molar-refractivity contribution in [1.82, 2.24) is 10.3 Å². The van der Waals surface area contributed by atoms with Crippen molar-refractivity contribution in [3.05, 3.63) is 78.6 Å². The molecule has 3 rings (SSSR count). The van der Waals surface area contributed by atoms with Crippen LogP contribution in [0.4, 0.5) is 11.4 Å². The van der Waals surface area contributed by atoms with Crippen LogP contribution in [0.1, 0.15) is 24.3 Å². The van der Waals surface area contributed by atoms with Gasteiger partial charge in [0.05, 0.1) is 17.6 Å². The molecule has 0 atom stereocenters. The van der Waals surface area contributed by atoms with E-state index in [2.05, 4.69) is 29.5 Å². The van der Waals surface area contributed by atoms with Gasteiger partial charge in [-0.25, -0.2) is 4.98 Å². The first-order chi connectivity index (χ1) is 13.1. The van der Waals surface area contributed by atoms with Crippen LogP contribution in [0.5, 0.6) is 11.5 Å². The van der Waals surface area contributed by atoms with Crippen molar-refractivity contribution in [3.63, 3.8) is 0 Å². The monoisotopic (exact) mass is 361 g/mol. The maximum atomic E-state index is 12.1. The molecule has 3 aromatic rings. The number of aromatic nitrogens is 1. The highest BCUT2D eigenvalue weighted by Gasteiger charge is 2.09. The first-order valence-corrected chi connectivity index (χ1v) is 8.95. The Balaban J connectivity index is 1.70. The number of nitrogens with zero attached hydrogens (tertiary/aromatic N) is 1. The van der Waals surface area contributed by atoms with Crippen LogP contribution in [-0.2, 0) is 0 Å². The highest BCUT2D eigenvalue weighted by atomic mass is 16.5. The summed E-state index contributed by atoms with van der Waals surface area (Å²) in [7, 11) is 0. The summed E-state index contributed by atoms with van der Waals surface area (Å²) in [5.74, 6) is 1.71. The number of ether oxygens (including phenoxy) is 1. The fourth-order valence-corrected chi connectivity index (χ4v) is 2.42. The number of carbonyl (C=O) groups is 1. The zero-order chi connectivity index (χ0) is 19.1. The summed E-state index contributed by atoms with van der Waals surface area (Å²) in [6.07, 6.45) is 1.64. The van der Waals surface area contributed by atoms with E-state index in [0.717, 1.165) is 17.1 Å². The summed E-state index contributed by atoms with van der Waals surface area (Å²) in [6.45, 7) is 4.73. The summed E-state index contributed by atoms with van der Waals surface area (Å²) in [6, 6.07) is 20.8. The number of anilines is 2. The fraction of sp³-hybridized carbons (Fsp3) is 0.182. The minimum atomic E-state index is -0.164. The second-order valence-corrected chi connectivity index (χ2v) is 6.57. The Hall–Kier alpha value is -3.34. The average Bonchev–Trinajstić information content (AvgIpc) is 2.69. The van der Waals surface area contributed by atoms with Crippen LogP contribution < -0.4 is 15.4 Å². The molecule has 0 spiro atoms. The van der Waals surface area contributed by atoms with Gasteiger partial charge in [0.2, 0.25) is 0 Å². The molecule has 1 amide bonds. The van der Waals surface area contributed by atoms with Gasteiger partial charge in [-0.1, -0.05) is 44.2 Å². The summed E-state index contributed by atoms with van der Waals surface area (Å²) < 4.78 is 5.95. The lowest BCUT2D eigenvalue weighted by molar-refractivity contribution is 0.0944. The Morgan fingerprint density at radius 3 is 2.44 bits per heavy atom. The largest absolute Gasteiger partial charge is 0.455 e. The lowest BCUT2D eigenvalue weighted by atomic mass is 10.2. The number of nitrogens with one attached hydrogen (secondary N) is 2. The van der Waals surface area contributed by atoms with Crippen molar-refractivity contribution in [1.29, 1.82) is 0 Å². The van der Waals surface area contributed by atoms with Gasteiger partial charge in [-0.3, -0.25) is 4.79 Å². The van der Waals surface area contributed by atoms with Crippen LogP contribution in [0.3, 0.4) is 0 Å².